The summed E-state index contributed by atoms with van der Waals surface area (Å²) in [5.41, 5.74) is -0.454. The first-order chi connectivity index (χ1) is 9.32. The summed E-state index contributed by atoms with van der Waals surface area (Å²) in [6.07, 6.45) is -4.65. The average Bonchev–Trinajstić information content (AvgIpc) is 2.39. The zero-order chi connectivity index (χ0) is 14.9. The van der Waals surface area contributed by atoms with E-state index < -0.39 is 29.3 Å². The third kappa shape index (κ3) is 4.38. The molecule has 0 saturated carbocycles. The first kappa shape index (κ1) is 21.2. The highest BCUT2D eigenvalue weighted by atomic mass is 35.5. The lowest BCUT2D eigenvalue weighted by atomic mass is 9.99. The number of alkyl halides is 3. The molecule has 0 aromatic heterocycles. The van der Waals surface area contributed by atoms with Gasteiger partial charge < -0.3 is 10.4 Å². The number of nitrogens with one attached hydrogen (secondary N) is 1. The van der Waals surface area contributed by atoms with Gasteiger partial charge in [0.25, 0.3) is 0 Å². The molecule has 1 fully saturated rings. The van der Waals surface area contributed by atoms with E-state index in [9.17, 15) is 22.7 Å². The summed E-state index contributed by atoms with van der Waals surface area (Å²) in [4.78, 5) is 1.15. The second kappa shape index (κ2) is 8.19. The molecule has 0 radical (unpaired) electrons. The minimum atomic E-state index is -4.65. The number of aromatic hydroxyl groups is 1. The van der Waals surface area contributed by atoms with E-state index >= 15 is 0 Å². The molecule has 1 aromatic rings. The molecule has 1 atom stereocenters. The average molecular weight is 365 g/mol. The minimum Gasteiger partial charge on any atom is -0.507 e. The molecular formula is C13H18Cl2F4N2O. The van der Waals surface area contributed by atoms with Gasteiger partial charge in [-0.2, -0.15) is 13.2 Å². The van der Waals surface area contributed by atoms with Crippen LogP contribution >= 0.6 is 24.8 Å². The molecule has 1 heterocycles. The van der Waals surface area contributed by atoms with Crippen molar-refractivity contribution < 1.29 is 22.7 Å². The minimum absolute atomic E-state index is 0. The Morgan fingerprint density at radius 3 is 2.23 bits per heavy atom. The van der Waals surface area contributed by atoms with Crippen LogP contribution in [0.4, 0.5) is 17.6 Å². The van der Waals surface area contributed by atoms with Crippen LogP contribution in [0.25, 0.3) is 0 Å². The number of hydrogen-bond acceptors (Lipinski definition) is 3. The monoisotopic (exact) mass is 364 g/mol. The van der Waals surface area contributed by atoms with E-state index in [4.69, 9.17) is 0 Å². The van der Waals surface area contributed by atoms with Crippen molar-refractivity contribution in [2.24, 2.45) is 0 Å². The molecule has 2 rings (SSSR count). The highest BCUT2D eigenvalue weighted by Gasteiger charge is 2.47. The van der Waals surface area contributed by atoms with E-state index in [1.54, 1.807) is 0 Å². The highest BCUT2D eigenvalue weighted by molar-refractivity contribution is 5.85. The van der Waals surface area contributed by atoms with Crippen molar-refractivity contribution in [2.45, 2.75) is 19.1 Å². The molecule has 1 aromatic carbocycles. The maximum absolute atomic E-state index is 13.9. The Labute approximate surface area is 138 Å². The van der Waals surface area contributed by atoms with Gasteiger partial charge in [-0.15, -0.1) is 24.8 Å². The third-order valence-electron chi connectivity index (χ3n) is 3.47. The molecule has 0 bridgehead atoms. The number of halogens is 6. The fourth-order valence-corrected chi connectivity index (χ4v) is 2.45. The fraction of sp³-hybridized carbons (Fsp3) is 0.538. The Bertz CT molecular complexity index is 494. The van der Waals surface area contributed by atoms with E-state index in [2.05, 4.69) is 5.32 Å². The third-order valence-corrected chi connectivity index (χ3v) is 3.47. The fourth-order valence-electron chi connectivity index (χ4n) is 2.45. The quantitative estimate of drug-likeness (QED) is 0.791. The summed E-state index contributed by atoms with van der Waals surface area (Å²) < 4.78 is 53.9. The van der Waals surface area contributed by atoms with Gasteiger partial charge in [0.15, 0.2) is 0 Å². The first-order valence-corrected chi connectivity index (χ1v) is 6.32. The maximum Gasteiger partial charge on any atom is 0.408 e. The SMILES string of the molecule is Cc1ccc(F)c([C@@H](N2CCNCC2)C(F)(F)F)c1O.Cl.Cl. The van der Waals surface area contributed by atoms with Crippen molar-refractivity contribution >= 4 is 24.8 Å². The molecule has 0 aliphatic carbocycles. The van der Waals surface area contributed by atoms with Gasteiger partial charge in [-0.3, -0.25) is 4.90 Å². The summed E-state index contributed by atoms with van der Waals surface area (Å²) in [7, 11) is 0. The van der Waals surface area contributed by atoms with Crippen LogP contribution in [-0.4, -0.2) is 42.4 Å². The normalized spacial score (nSPS) is 17.3. The molecule has 1 saturated heterocycles. The Kier molecular flexibility index (Phi) is 7.91. The molecule has 1 aliphatic heterocycles. The molecule has 128 valence electrons. The van der Waals surface area contributed by atoms with E-state index in [1.807, 2.05) is 0 Å². The van der Waals surface area contributed by atoms with Crippen LogP contribution < -0.4 is 5.32 Å². The zero-order valence-electron chi connectivity index (χ0n) is 11.8. The lowest BCUT2D eigenvalue weighted by molar-refractivity contribution is -0.189. The summed E-state index contributed by atoms with van der Waals surface area (Å²) >= 11 is 0. The van der Waals surface area contributed by atoms with Crippen LogP contribution in [0.5, 0.6) is 5.75 Å². The summed E-state index contributed by atoms with van der Waals surface area (Å²) in [6.45, 7) is 2.55. The van der Waals surface area contributed by atoms with Crippen molar-refractivity contribution in [2.75, 3.05) is 26.2 Å². The molecule has 3 nitrogen and oxygen atoms in total. The van der Waals surface area contributed by atoms with Crippen molar-refractivity contribution in [1.29, 1.82) is 0 Å². The molecule has 1 aliphatic rings. The van der Waals surface area contributed by atoms with Gasteiger partial charge in [0.1, 0.15) is 17.6 Å². The lowest BCUT2D eigenvalue weighted by Gasteiger charge is -2.36. The van der Waals surface area contributed by atoms with Crippen LogP contribution in [0, 0.1) is 12.7 Å². The number of hydrogen-bond donors (Lipinski definition) is 2. The first-order valence-electron chi connectivity index (χ1n) is 6.32. The standard InChI is InChI=1S/C13H16F4N2O.2ClH/c1-8-2-3-9(14)10(11(8)20)12(13(15,16)17)19-6-4-18-5-7-19;;/h2-3,12,18,20H,4-7H2,1H3;2*1H/t12-;;/m1../s1. The number of benzene rings is 1. The van der Waals surface area contributed by atoms with Gasteiger partial charge in [0, 0.05) is 26.2 Å². The second-order valence-electron chi connectivity index (χ2n) is 4.86. The van der Waals surface area contributed by atoms with Gasteiger partial charge in [0.05, 0.1) is 5.56 Å². The molecule has 9 heteroatoms. The number of aryl methyl sites for hydroxylation is 1. The second-order valence-corrected chi connectivity index (χ2v) is 4.86. The smallest absolute Gasteiger partial charge is 0.408 e. The van der Waals surface area contributed by atoms with Gasteiger partial charge in [0.2, 0.25) is 0 Å². The number of rotatable bonds is 2. The Morgan fingerprint density at radius 2 is 1.73 bits per heavy atom. The largest absolute Gasteiger partial charge is 0.507 e. The van der Waals surface area contributed by atoms with E-state index in [0.29, 0.717) is 13.1 Å². The van der Waals surface area contributed by atoms with Crippen molar-refractivity contribution in [3.05, 3.63) is 29.1 Å². The highest BCUT2D eigenvalue weighted by Crippen LogP contribution is 2.43. The van der Waals surface area contributed by atoms with Crippen LogP contribution in [0.3, 0.4) is 0 Å². The molecule has 0 spiro atoms. The van der Waals surface area contributed by atoms with E-state index in [-0.39, 0.29) is 43.5 Å². The molecule has 0 unspecified atom stereocenters. The maximum atomic E-state index is 13.9. The number of phenols is 1. The predicted octanol–water partition coefficient (Wildman–Crippen LogP) is 3.19. The topological polar surface area (TPSA) is 35.5 Å². The van der Waals surface area contributed by atoms with E-state index in [1.165, 1.54) is 13.0 Å². The Balaban J connectivity index is 0.00000220. The zero-order valence-corrected chi connectivity index (χ0v) is 13.4. The summed E-state index contributed by atoms with van der Waals surface area (Å²) in [5, 5.41) is 12.8. The van der Waals surface area contributed by atoms with Crippen molar-refractivity contribution in [3.63, 3.8) is 0 Å². The van der Waals surface area contributed by atoms with Crippen LogP contribution in [0.2, 0.25) is 0 Å². The predicted molar refractivity (Wildman–Crippen MR) is 80.5 cm³/mol. The van der Waals surface area contributed by atoms with Gasteiger partial charge in [-0.25, -0.2) is 4.39 Å². The van der Waals surface area contributed by atoms with Gasteiger partial charge in [-0.1, -0.05) is 6.07 Å². The van der Waals surface area contributed by atoms with Gasteiger partial charge >= 0.3 is 6.18 Å². The van der Waals surface area contributed by atoms with Crippen molar-refractivity contribution in [3.8, 4) is 5.75 Å². The van der Waals surface area contributed by atoms with E-state index in [0.717, 1.165) is 11.0 Å². The van der Waals surface area contributed by atoms with Crippen molar-refractivity contribution in [1.82, 2.24) is 10.2 Å². The summed E-state index contributed by atoms with van der Waals surface area (Å²) in [5.74, 6) is -1.65. The molecule has 22 heavy (non-hydrogen) atoms. The molecular weight excluding hydrogens is 347 g/mol. The van der Waals surface area contributed by atoms with Crippen LogP contribution in [0.1, 0.15) is 17.2 Å². The number of nitrogens with zero attached hydrogens (tertiary/aromatic N) is 1. The Hall–Kier alpha value is -0.760. The van der Waals surface area contributed by atoms with Crippen LogP contribution in [-0.2, 0) is 0 Å². The number of piperazine rings is 1. The lowest BCUT2D eigenvalue weighted by Crippen LogP contribution is -2.49. The Morgan fingerprint density at radius 1 is 1.18 bits per heavy atom. The summed E-state index contributed by atoms with van der Waals surface area (Å²) in [6, 6.07) is 0.106. The van der Waals surface area contributed by atoms with Crippen LogP contribution in [0.15, 0.2) is 12.1 Å². The molecule has 2 N–H and O–H groups in total. The van der Waals surface area contributed by atoms with Gasteiger partial charge in [-0.05, 0) is 18.6 Å². The number of phenolic OH excluding ortho intramolecular Hbond substituents is 1. The molecule has 0 amide bonds.